The van der Waals surface area contributed by atoms with Gasteiger partial charge in [-0.2, -0.15) is 0 Å². The summed E-state index contributed by atoms with van der Waals surface area (Å²) in [6, 6.07) is 3.83. The molecule has 1 N–H and O–H groups in total. The Bertz CT molecular complexity index is 385. The predicted octanol–water partition coefficient (Wildman–Crippen LogP) is 4.72. The Hall–Kier alpha value is 0.01000. The Morgan fingerprint density at radius 3 is 2.56 bits per heavy atom. The summed E-state index contributed by atoms with van der Waals surface area (Å²) in [7, 11) is 1.71. The van der Waals surface area contributed by atoms with Crippen molar-refractivity contribution in [1.29, 1.82) is 0 Å². The third-order valence-corrected chi connectivity index (χ3v) is 4.07. The van der Waals surface area contributed by atoms with Crippen LogP contribution in [0, 0.1) is 0 Å². The lowest BCUT2D eigenvalue weighted by atomic mass is 10.1. The summed E-state index contributed by atoms with van der Waals surface area (Å²) in [5.41, 5.74) is 0.970. The number of nitrogens with one attached hydrogen (secondary N) is 1. The van der Waals surface area contributed by atoms with Crippen LogP contribution in [0.4, 0.5) is 0 Å². The zero-order valence-electron chi connectivity index (χ0n) is 10.6. The largest absolute Gasteiger partial charge is 0.385 e. The van der Waals surface area contributed by atoms with Crippen molar-refractivity contribution in [3.63, 3.8) is 0 Å². The average Bonchev–Trinajstić information content (AvgIpc) is 2.35. The lowest BCUT2D eigenvalue weighted by Gasteiger charge is -2.16. The summed E-state index contributed by atoms with van der Waals surface area (Å²) in [4.78, 5) is 0. The number of benzene rings is 1. The van der Waals surface area contributed by atoms with Gasteiger partial charge in [-0.3, -0.25) is 0 Å². The topological polar surface area (TPSA) is 21.3 Å². The molecule has 0 aromatic heterocycles. The molecule has 0 aliphatic rings. The zero-order valence-corrected chi connectivity index (χ0v) is 12.9. The van der Waals surface area contributed by atoms with Crippen LogP contribution in [-0.4, -0.2) is 20.3 Å². The summed E-state index contributed by atoms with van der Waals surface area (Å²) >= 11 is 18.1. The Morgan fingerprint density at radius 1 is 1.17 bits per heavy atom. The monoisotopic (exact) mass is 309 g/mol. The van der Waals surface area contributed by atoms with E-state index < -0.39 is 0 Å². The molecule has 0 aliphatic heterocycles. The third-order valence-electron chi connectivity index (χ3n) is 2.76. The number of unbranched alkanes of at least 4 members (excludes halogenated alkanes) is 1. The standard InChI is InChI=1S/C13H18Cl3NO/c1-9(17-7-3-4-8-18-2)10-5-6-11(14)13(16)12(10)15/h5-6,9,17H,3-4,7-8H2,1-2H3. The second-order valence-electron chi connectivity index (χ2n) is 4.14. The zero-order chi connectivity index (χ0) is 13.5. The minimum absolute atomic E-state index is 0.148. The molecule has 2 nitrogen and oxygen atoms in total. The molecule has 1 unspecified atom stereocenters. The molecule has 0 bridgehead atoms. The second-order valence-corrected chi connectivity index (χ2v) is 5.30. The Labute approximate surface area is 124 Å². The molecular formula is C13H18Cl3NO. The molecule has 0 spiro atoms. The van der Waals surface area contributed by atoms with Gasteiger partial charge in [0.2, 0.25) is 0 Å². The van der Waals surface area contributed by atoms with Crippen LogP contribution in [0.5, 0.6) is 0 Å². The van der Waals surface area contributed by atoms with E-state index in [1.54, 1.807) is 13.2 Å². The first-order chi connectivity index (χ1) is 8.57. The number of rotatable bonds is 7. The minimum atomic E-state index is 0.148. The van der Waals surface area contributed by atoms with Crippen molar-refractivity contribution in [2.45, 2.75) is 25.8 Å². The van der Waals surface area contributed by atoms with Gasteiger partial charge in [-0.25, -0.2) is 0 Å². The maximum atomic E-state index is 6.18. The molecule has 0 saturated heterocycles. The normalized spacial score (nSPS) is 12.7. The molecular weight excluding hydrogens is 293 g/mol. The van der Waals surface area contributed by atoms with Crippen molar-refractivity contribution in [3.05, 3.63) is 32.8 Å². The van der Waals surface area contributed by atoms with E-state index in [1.165, 1.54) is 0 Å². The highest BCUT2D eigenvalue weighted by molar-refractivity contribution is 6.48. The van der Waals surface area contributed by atoms with Gasteiger partial charge in [0.1, 0.15) is 0 Å². The molecule has 0 amide bonds. The van der Waals surface area contributed by atoms with Crippen molar-refractivity contribution in [2.75, 3.05) is 20.3 Å². The van der Waals surface area contributed by atoms with Crippen LogP contribution >= 0.6 is 34.8 Å². The first-order valence-corrected chi connectivity index (χ1v) is 7.07. The molecule has 1 atom stereocenters. The maximum absolute atomic E-state index is 6.18. The molecule has 102 valence electrons. The van der Waals surface area contributed by atoms with E-state index in [1.807, 2.05) is 6.07 Å². The Morgan fingerprint density at radius 2 is 1.89 bits per heavy atom. The lowest BCUT2D eigenvalue weighted by Crippen LogP contribution is -2.20. The van der Waals surface area contributed by atoms with E-state index in [4.69, 9.17) is 39.5 Å². The number of hydrogen-bond donors (Lipinski definition) is 1. The van der Waals surface area contributed by atoms with Gasteiger partial charge in [0.05, 0.1) is 15.1 Å². The number of methoxy groups -OCH3 is 1. The first-order valence-electron chi connectivity index (χ1n) is 5.93. The Balaban J connectivity index is 2.51. The number of halogens is 3. The van der Waals surface area contributed by atoms with E-state index in [9.17, 15) is 0 Å². The van der Waals surface area contributed by atoms with Crippen LogP contribution in [0.2, 0.25) is 15.1 Å². The van der Waals surface area contributed by atoms with Gasteiger partial charge >= 0.3 is 0 Å². The molecule has 18 heavy (non-hydrogen) atoms. The van der Waals surface area contributed by atoms with Crippen LogP contribution < -0.4 is 5.32 Å². The van der Waals surface area contributed by atoms with E-state index in [0.717, 1.165) is 31.6 Å². The average molecular weight is 311 g/mol. The van der Waals surface area contributed by atoms with Crippen molar-refractivity contribution >= 4 is 34.8 Å². The molecule has 0 saturated carbocycles. The van der Waals surface area contributed by atoms with E-state index >= 15 is 0 Å². The van der Waals surface area contributed by atoms with Crippen LogP contribution in [0.3, 0.4) is 0 Å². The molecule has 1 aromatic carbocycles. The summed E-state index contributed by atoms with van der Waals surface area (Å²) in [5.74, 6) is 0. The summed E-state index contributed by atoms with van der Waals surface area (Å²) in [6.07, 6.45) is 2.11. The number of ether oxygens (including phenoxy) is 1. The molecule has 0 fully saturated rings. The van der Waals surface area contributed by atoms with E-state index in [2.05, 4.69) is 12.2 Å². The van der Waals surface area contributed by atoms with Crippen molar-refractivity contribution in [3.8, 4) is 0 Å². The molecule has 5 heteroatoms. The summed E-state index contributed by atoms with van der Waals surface area (Å²) in [5, 5.41) is 4.84. The molecule has 0 radical (unpaired) electrons. The second kappa shape index (κ2) is 8.23. The van der Waals surface area contributed by atoms with E-state index in [-0.39, 0.29) is 6.04 Å². The van der Waals surface area contributed by atoms with Crippen LogP contribution in [-0.2, 0) is 4.74 Å². The van der Waals surface area contributed by atoms with Gasteiger partial charge < -0.3 is 10.1 Å². The van der Waals surface area contributed by atoms with Crippen LogP contribution in [0.25, 0.3) is 0 Å². The van der Waals surface area contributed by atoms with Crippen LogP contribution in [0.15, 0.2) is 12.1 Å². The molecule has 1 aromatic rings. The maximum Gasteiger partial charge on any atom is 0.0781 e. The van der Waals surface area contributed by atoms with Crippen LogP contribution in [0.1, 0.15) is 31.4 Å². The quantitative estimate of drug-likeness (QED) is 0.581. The molecule has 0 heterocycles. The lowest BCUT2D eigenvalue weighted by molar-refractivity contribution is 0.192. The van der Waals surface area contributed by atoms with Gasteiger partial charge in [0.15, 0.2) is 0 Å². The molecule has 0 aliphatic carbocycles. The Kier molecular flexibility index (Phi) is 7.35. The van der Waals surface area contributed by atoms with E-state index in [0.29, 0.717) is 15.1 Å². The highest BCUT2D eigenvalue weighted by Crippen LogP contribution is 2.35. The highest BCUT2D eigenvalue weighted by atomic mass is 35.5. The fraction of sp³-hybridized carbons (Fsp3) is 0.538. The third kappa shape index (κ3) is 4.60. The summed E-state index contributed by atoms with van der Waals surface area (Å²) in [6.45, 7) is 3.77. The highest BCUT2D eigenvalue weighted by Gasteiger charge is 2.13. The van der Waals surface area contributed by atoms with Crippen molar-refractivity contribution in [2.24, 2.45) is 0 Å². The fourth-order valence-corrected chi connectivity index (χ4v) is 2.38. The van der Waals surface area contributed by atoms with Gasteiger partial charge in [-0.1, -0.05) is 40.9 Å². The minimum Gasteiger partial charge on any atom is -0.385 e. The first kappa shape index (κ1) is 16.1. The van der Waals surface area contributed by atoms with Gasteiger partial charge in [0, 0.05) is 19.8 Å². The van der Waals surface area contributed by atoms with Gasteiger partial charge in [0.25, 0.3) is 0 Å². The van der Waals surface area contributed by atoms with Gasteiger partial charge in [-0.05, 0) is 37.9 Å². The predicted molar refractivity (Wildman–Crippen MR) is 79.0 cm³/mol. The van der Waals surface area contributed by atoms with Gasteiger partial charge in [-0.15, -0.1) is 0 Å². The number of hydrogen-bond acceptors (Lipinski definition) is 2. The molecule has 1 rings (SSSR count). The smallest absolute Gasteiger partial charge is 0.0781 e. The van der Waals surface area contributed by atoms with Crippen molar-refractivity contribution < 1.29 is 4.74 Å². The summed E-state index contributed by atoms with van der Waals surface area (Å²) < 4.78 is 5.00. The SMILES string of the molecule is COCCCCNC(C)c1ccc(Cl)c(Cl)c1Cl. The fourth-order valence-electron chi connectivity index (χ4n) is 1.68. The van der Waals surface area contributed by atoms with Crippen molar-refractivity contribution in [1.82, 2.24) is 5.32 Å².